The van der Waals surface area contributed by atoms with Crippen molar-refractivity contribution in [3.05, 3.63) is 28.5 Å². The van der Waals surface area contributed by atoms with Crippen LogP contribution in [0.5, 0.6) is 0 Å². The summed E-state index contributed by atoms with van der Waals surface area (Å²) in [7, 11) is 0. The molecule has 114 valence electrons. The molecule has 0 bridgehead atoms. The lowest BCUT2D eigenvalue weighted by Crippen LogP contribution is -2.37. The number of amides is 1. The predicted octanol–water partition coefficient (Wildman–Crippen LogP) is 2.65. The van der Waals surface area contributed by atoms with Gasteiger partial charge in [0.05, 0.1) is 0 Å². The second kappa shape index (κ2) is 6.32. The van der Waals surface area contributed by atoms with E-state index in [9.17, 15) is 4.79 Å². The molecule has 3 rings (SSSR count). The van der Waals surface area contributed by atoms with Crippen LogP contribution >= 0.6 is 11.6 Å². The largest absolute Gasteiger partial charge is 0.348 e. The minimum absolute atomic E-state index is 0.0284. The molecule has 0 radical (unpaired) electrons. The minimum Gasteiger partial charge on any atom is -0.348 e. The first kappa shape index (κ1) is 14.8. The van der Waals surface area contributed by atoms with Crippen molar-refractivity contribution in [1.82, 2.24) is 15.2 Å². The van der Waals surface area contributed by atoms with Gasteiger partial charge in [-0.15, -0.1) is 0 Å². The molecule has 5 heteroatoms. The number of rotatable bonds is 5. The zero-order chi connectivity index (χ0) is 14.8. The maximum atomic E-state index is 12.4. The van der Waals surface area contributed by atoms with Gasteiger partial charge in [-0.05, 0) is 37.8 Å². The Kier molecular flexibility index (Phi) is 4.45. The first-order valence-electron chi connectivity index (χ1n) is 7.87. The van der Waals surface area contributed by atoms with Gasteiger partial charge in [0.1, 0.15) is 5.15 Å². The van der Waals surface area contributed by atoms with Gasteiger partial charge in [0.25, 0.3) is 5.91 Å². The molecule has 0 aromatic carbocycles. The predicted molar refractivity (Wildman–Crippen MR) is 83.7 cm³/mol. The van der Waals surface area contributed by atoms with Crippen LogP contribution in [0.3, 0.4) is 0 Å². The summed E-state index contributed by atoms with van der Waals surface area (Å²) < 4.78 is 0. The molecular formula is C16H22ClN3O. The van der Waals surface area contributed by atoms with Crippen molar-refractivity contribution in [2.45, 2.75) is 51.1 Å². The summed E-state index contributed by atoms with van der Waals surface area (Å²) in [5, 5.41) is 3.54. The van der Waals surface area contributed by atoms with Gasteiger partial charge in [-0.2, -0.15) is 0 Å². The molecule has 21 heavy (non-hydrogen) atoms. The maximum Gasteiger partial charge on any atom is 0.251 e. The average molecular weight is 308 g/mol. The Morgan fingerprint density at radius 3 is 2.95 bits per heavy atom. The van der Waals surface area contributed by atoms with Crippen molar-refractivity contribution >= 4 is 17.5 Å². The molecule has 1 saturated heterocycles. The zero-order valence-electron chi connectivity index (χ0n) is 12.4. The van der Waals surface area contributed by atoms with Gasteiger partial charge in [-0.3, -0.25) is 9.69 Å². The van der Waals surface area contributed by atoms with Crippen molar-refractivity contribution in [2.24, 2.45) is 0 Å². The maximum absolute atomic E-state index is 12.4. The summed E-state index contributed by atoms with van der Waals surface area (Å²) in [4.78, 5) is 19.1. The van der Waals surface area contributed by atoms with Crippen molar-refractivity contribution in [1.29, 1.82) is 0 Å². The van der Waals surface area contributed by atoms with Gasteiger partial charge in [-0.25, -0.2) is 4.98 Å². The number of hydrogen-bond acceptors (Lipinski definition) is 3. The van der Waals surface area contributed by atoms with E-state index in [4.69, 9.17) is 11.6 Å². The lowest BCUT2D eigenvalue weighted by molar-refractivity contribution is 0.0937. The van der Waals surface area contributed by atoms with Crippen LogP contribution in [0.15, 0.2) is 12.1 Å². The Morgan fingerprint density at radius 1 is 1.43 bits per heavy atom. The Labute approximate surface area is 130 Å². The third-order valence-corrected chi connectivity index (χ3v) is 4.43. The van der Waals surface area contributed by atoms with Crippen molar-refractivity contribution in [3.8, 4) is 0 Å². The Balaban J connectivity index is 1.62. The molecule has 4 nitrogen and oxygen atoms in total. The second-order valence-electron chi connectivity index (χ2n) is 6.11. The van der Waals surface area contributed by atoms with Gasteiger partial charge in [-0.1, -0.05) is 24.9 Å². The normalized spacial score (nSPS) is 22.5. The highest BCUT2D eigenvalue weighted by Gasteiger charge is 2.34. The molecule has 1 atom stereocenters. The molecule has 1 saturated carbocycles. The van der Waals surface area contributed by atoms with Gasteiger partial charge < -0.3 is 5.32 Å². The topological polar surface area (TPSA) is 45.2 Å². The highest BCUT2D eigenvalue weighted by Crippen LogP contribution is 2.29. The third-order valence-electron chi connectivity index (χ3n) is 4.23. The van der Waals surface area contributed by atoms with E-state index in [1.807, 2.05) is 6.07 Å². The minimum atomic E-state index is -0.0284. The molecule has 1 aromatic rings. The summed E-state index contributed by atoms with van der Waals surface area (Å²) in [6.07, 6.45) is 5.53. The number of nitrogens with one attached hydrogen (secondary N) is 1. The van der Waals surface area contributed by atoms with E-state index in [-0.39, 0.29) is 11.9 Å². The summed E-state index contributed by atoms with van der Waals surface area (Å²) in [5.41, 5.74) is 1.52. The quantitative estimate of drug-likeness (QED) is 0.851. The number of nitrogens with zero attached hydrogens (tertiary/aromatic N) is 2. The Bertz CT molecular complexity index is 530. The zero-order valence-corrected chi connectivity index (χ0v) is 13.2. The first-order valence-corrected chi connectivity index (χ1v) is 8.25. The van der Waals surface area contributed by atoms with Gasteiger partial charge in [0.15, 0.2) is 0 Å². The summed E-state index contributed by atoms with van der Waals surface area (Å²) in [6, 6.07) is 4.56. The standard InChI is InChI=1S/C16H22ClN3O/c1-2-3-12-8-11(9-15(17)18-12)16(21)19-13-6-7-20(10-13)14-4-5-14/h8-9,13-14H,2-7,10H2,1H3,(H,19,21). The van der Waals surface area contributed by atoms with E-state index in [1.54, 1.807) is 6.07 Å². The van der Waals surface area contributed by atoms with Crippen LogP contribution in [0, 0.1) is 0 Å². The number of pyridine rings is 1. The van der Waals surface area contributed by atoms with E-state index < -0.39 is 0 Å². The number of hydrogen-bond donors (Lipinski definition) is 1. The average Bonchev–Trinajstić information content (AvgIpc) is 3.19. The third kappa shape index (κ3) is 3.74. The molecule has 2 heterocycles. The van der Waals surface area contributed by atoms with Crippen LogP contribution in [0.25, 0.3) is 0 Å². The fraction of sp³-hybridized carbons (Fsp3) is 0.625. The van der Waals surface area contributed by atoms with Crippen molar-refractivity contribution in [3.63, 3.8) is 0 Å². The number of aryl methyl sites for hydroxylation is 1. The molecule has 0 spiro atoms. The first-order chi connectivity index (χ1) is 10.2. The molecule has 1 aliphatic carbocycles. The molecule has 2 fully saturated rings. The lowest BCUT2D eigenvalue weighted by atomic mass is 10.1. The van der Waals surface area contributed by atoms with Crippen LogP contribution < -0.4 is 5.32 Å². The fourth-order valence-electron chi connectivity index (χ4n) is 3.01. The lowest BCUT2D eigenvalue weighted by Gasteiger charge is -2.16. The molecule has 1 aromatic heterocycles. The van der Waals surface area contributed by atoms with Crippen LogP contribution in [0.4, 0.5) is 0 Å². The molecule has 1 amide bonds. The fourth-order valence-corrected chi connectivity index (χ4v) is 3.24. The van der Waals surface area contributed by atoms with Crippen LogP contribution in [-0.2, 0) is 6.42 Å². The number of likely N-dealkylation sites (tertiary alicyclic amines) is 1. The van der Waals surface area contributed by atoms with Crippen LogP contribution in [-0.4, -0.2) is 41.0 Å². The van der Waals surface area contributed by atoms with Gasteiger partial charge >= 0.3 is 0 Å². The van der Waals surface area contributed by atoms with Crippen molar-refractivity contribution < 1.29 is 4.79 Å². The number of carbonyl (C=O) groups is 1. The molecular weight excluding hydrogens is 286 g/mol. The van der Waals surface area contributed by atoms with Crippen LogP contribution in [0.2, 0.25) is 5.15 Å². The smallest absolute Gasteiger partial charge is 0.251 e. The summed E-state index contributed by atoms with van der Waals surface area (Å²) >= 11 is 6.02. The molecule has 2 aliphatic rings. The molecule has 1 aliphatic heterocycles. The Morgan fingerprint density at radius 2 is 2.24 bits per heavy atom. The summed E-state index contributed by atoms with van der Waals surface area (Å²) in [6.45, 7) is 4.18. The van der Waals surface area contributed by atoms with Gasteiger partial charge in [0, 0.05) is 36.4 Å². The monoisotopic (exact) mass is 307 g/mol. The second-order valence-corrected chi connectivity index (χ2v) is 6.49. The number of aromatic nitrogens is 1. The Hall–Kier alpha value is -1.13. The number of carbonyl (C=O) groups excluding carboxylic acids is 1. The summed E-state index contributed by atoms with van der Waals surface area (Å²) in [5.74, 6) is -0.0284. The van der Waals surface area contributed by atoms with E-state index in [0.29, 0.717) is 10.7 Å². The molecule has 1 unspecified atom stereocenters. The van der Waals surface area contributed by atoms with Crippen LogP contribution in [0.1, 0.15) is 48.7 Å². The van der Waals surface area contributed by atoms with E-state index >= 15 is 0 Å². The highest BCUT2D eigenvalue weighted by atomic mass is 35.5. The SMILES string of the molecule is CCCc1cc(C(=O)NC2CCN(C3CC3)C2)cc(Cl)n1. The van der Waals surface area contributed by atoms with E-state index in [2.05, 4.69) is 22.1 Å². The highest BCUT2D eigenvalue weighted by molar-refractivity contribution is 6.29. The van der Waals surface area contributed by atoms with Crippen molar-refractivity contribution in [2.75, 3.05) is 13.1 Å². The van der Waals surface area contributed by atoms with E-state index in [0.717, 1.165) is 44.1 Å². The number of halogens is 1. The molecule has 1 N–H and O–H groups in total. The van der Waals surface area contributed by atoms with Gasteiger partial charge in [0.2, 0.25) is 0 Å². The van der Waals surface area contributed by atoms with E-state index in [1.165, 1.54) is 12.8 Å².